The Bertz CT molecular complexity index is 438. The smallest absolute Gasteiger partial charge is 0.283 e. The molecule has 0 aromatic heterocycles. The van der Waals surface area contributed by atoms with E-state index < -0.39 is 21.5 Å². The van der Waals surface area contributed by atoms with Crippen LogP contribution in [-0.2, 0) is 25.1 Å². The molecule has 0 bridgehead atoms. The lowest BCUT2D eigenvalue weighted by Gasteiger charge is -2.00. The molecule has 0 saturated carbocycles. The second-order valence-electron chi connectivity index (χ2n) is 2.19. The largest absolute Gasteiger partial charge is 0.317 e. The number of hydrogen-bond acceptors (Lipinski definition) is 4. The van der Waals surface area contributed by atoms with Crippen LogP contribution in [0, 0.1) is 3.57 Å². The summed E-state index contributed by atoms with van der Waals surface area (Å²) in [5.74, 6) is 0. The SMILES string of the molecule is O=S(O)OS(=O)(=O)c1ccc(I)cc1. The molecule has 1 aromatic carbocycles. The van der Waals surface area contributed by atoms with E-state index in [9.17, 15) is 12.6 Å². The van der Waals surface area contributed by atoms with Crippen molar-refractivity contribution in [2.75, 3.05) is 0 Å². The third kappa shape index (κ3) is 3.28. The predicted octanol–water partition coefficient (Wildman–Crippen LogP) is 1.13. The fourth-order valence-corrected chi connectivity index (χ4v) is 2.47. The van der Waals surface area contributed by atoms with Crippen molar-refractivity contribution in [3.63, 3.8) is 0 Å². The summed E-state index contributed by atoms with van der Waals surface area (Å²) < 4.78 is 45.5. The zero-order valence-corrected chi connectivity index (χ0v) is 10.4. The quantitative estimate of drug-likeness (QED) is 0.654. The maximum atomic E-state index is 11.2. The standard InChI is InChI=1S/C6H5IO5S2/c7-5-1-3-6(4-2-5)14(10,11)12-13(8)9/h1-4H,(H,8,9). The lowest BCUT2D eigenvalue weighted by molar-refractivity contribution is 0.442. The normalized spacial score (nSPS) is 13.9. The molecule has 8 heteroatoms. The van der Waals surface area contributed by atoms with Crippen LogP contribution in [0.4, 0.5) is 0 Å². The fraction of sp³-hybridized carbons (Fsp3) is 0. The number of halogens is 1. The van der Waals surface area contributed by atoms with Gasteiger partial charge in [-0.1, -0.05) is 0 Å². The van der Waals surface area contributed by atoms with Gasteiger partial charge in [0, 0.05) is 3.57 Å². The molecule has 5 nitrogen and oxygen atoms in total. The van der Waals surface area contributed by atoms with Crippen molar-refractivity contribution in [2.24, 2.45) is 0 Å². The molecule has 0 amide bonds. The van der Waals surface area contributed by atoms with E-state index in [1.807, 2.05) is 22.6 Å². The highest BCUT2D eigenvalue weighted by Gasteiger charge is 2.17. The third-order valence-corrected chi connectivity index (χ3v) is 4.00. The molecule has 0 radical (unpaired) electrons. The van der Waals surface area contributed by atoms with Crippen LogP contribution in [-0.4, -0.2) is 17.2 Å². The van der Waals surface area contributed by atoms with Gasteiger partial charge >= 0.3 is 21.5 Å². The van der Waals surface area contributed by atoms with Gasteiger partial charge in [0.05, 0.1) is 4.90 Å². The van der Waals surface area contributed by atoms with Crippen LogP contribution in [0.25, 0.3) is 0 Å². The number of hydrogen-bond donors (Lipinski definition) is 1. The Morgan fingerprint density at radius 3 is 2.21 bits per heavy atom. The average molecular weight is 348 g/mol. The van der Waals surface area contributed by atoms with Gasteiger partial charge in [-0.2, -0.15) is 12.6 Å². The molecule has 14 heavy (non-hydrogen) atoms. The van der Waals surface area contributed by atoms with E-state index in [0.29, 0.717) is 0 Å². The average Bonchev–Trinajstić information content (AvgIpc) is 2.02. The van der Waals surface area contributed by atoms with Gasteiger partial charge in [0.15, 0.2) is 0 Å². The summed E-state index contributed by atoms with van der Waals surface area (Å²) in [7, 11) is -4.13. The highest BCUT2D eigenvalue weighted by atomic mass is 127. The molecule has 0 fully saturated rings. The van der Waals surface area contributed by atoms with Crippen LogP contribution >= 0.6 is 22.6 Å². The minimum absolute atomic E-state index is 0.152. The van der Waals surface area contributed by atoms with Crippen LogP contribution in [0.1, 0.15) is 0 Å². The highest BCUT2D eigenvalue weighted by molar-refractivity contribution is 14.1. The van der Waals surface area contributed by atoms with Gasteiger partial charge in [-0.3, -0.25) is 4.55 Å². The molecule has 1 atom stereocenters. The van der Waals surface area contributed by atoms with Crippen molar-refractivity contribution in [3.8, 4) is 0 Å². The van der Waals surface area contributed by atoms with Crippen molar-refractivity contribution >= 4 is 44.1 Å². The van der Waals surface area contributed by atoms with Gasteiger partial charge in [-0.25, -0.2) is 0 Å². The second-order valence-corrected chi connectivity index (χ2v) is 5.80. The number of rotatable bonds is 3. The highest BCUT2D eigenvalue weighted by Crippen LogP contribution is 2.14. The maximum Gasteiger partial charge on any atom is 0.317 e. The van der Waals surface area contributed by atoms with Gasteiger partial charge in [0.2, 0.25) is 0 Å². The Balaban J connectivity index is 3.05. The van der Waals surface area contributed by atoms with E-state index in [2.05, 4.69) is 3.63 Å². The molecule has 0 spiro atoms. The van der Waals surface area contributed by atoms with E-state index in [1.54, 1.807) is 12.1 Å². The van der Waals surface area contributed by atoms with Crippen LogP contribution in [0.15, 0.2) is 29.2 Å². The first-order valence-corrected chi connectivity index (χ1v) is 6.75. The third-order valence-electron chi connectivity index (χ3n) is 1.25. The van der Waals surface area contributed by atoms with Crippen LogP contribution in [0.2, 0.25) is 0 Å². The summed E-state index contributed by atoms with van der Waals surface area (Å²) in [4.78, 5) is -0.152. The van der Waals surface area contributed by atoms with Crippen molar-refractivity contribution in [1.29, 1.82) is 0 Å². The molecule has 78 valence electrons. The van der Waals surface area contributed by atoms with E-state index in [0.717, 1.165) is 3.57 Å². The van der Waals surface area contributed by atoms with E-state index in [4.69, 9.17) is 4.55 Å². The van der Waals surface area contributed by atoms with E-state index in [1.165, 1.54) is 12.1 Å². The van der Waals surface area contributed by atoms with Crippen molar-refractivity contribution in [2.45, 2.75) is 4.90 Å². The van der Waals surface area contributed by atoms with Gasteiger partial charge in [-0.05, 0) is 46.9 Å². The molecule has 1 rings (SSSR count). The Morgan fingerprint density at radius 2 is 1.79 bits per heavy atom. The van der Waals surface area contributed by atoms with E-state index >= 15 is 0 Å². The first kappa shape index (κ1) is 12.0. The van der Waals surface area contributed by atoms with E-state index in [-0.39, 0.29) is 4.90 Å². The van der Waals surface area contributed by atoms with Crippen LogP contribution in [0.3, 0.4) is 0 Å². The summed E-state index contributed by atoms with van der Waals surface area (Å²) >= 11 is -0.826. The van der Waals surface area contributed by atoms with Crippen LogP contribution < -0.4 is 0 Å². The maximum absolute atomic E-state index is 11.2. The lowest BCUT2D eigenvalue weighted by atomic mass is 10.4. The fourth-order valence-electron chi connectivity index (χ4n) is 0.717. The van der Waals surface area contributed by atoms with Gasteiger partial charge < -0.3 is 0 Å². The zero-order chi connectivity index (χ0) is 10.8. The summed E-state index contributed by atoms with van der Waals surface area (Å²) in [5.41, 5.74) is 0. The second kappa shape index (κ2) is 4.66. The summed E-state index contributed by atoms with van der Waals surface area (Å²) in [6.07, 6.45) is 0. The van der Waals surface area contributed by atoms with Crippen molar-refractivity contribution in [3.05, 3.63) is 27.8 Å². The Morgan fingerprint density at radius 1 is 1.29 bits per heavy atom. The summed E-state index contributed by atoms with van der Waals surface area (Å²) in [6, 6.07) is 5.70. The molecule has 0 saturated heterocycles. The minimum atomic E-state index is -4.13. The predicted molar refractivity (Wildman–Crippen MR) is 58.2 cm³/mol. The molecule has 0 aliphatic carbocycles. The van der Waals surface area contributed by atoms with Crippen molar-refractivity contribution in [1.82, 2.24) is 0 Å². The molecule has 1 unspecified atom stereocenters. The minimum Gasteiger partial charge on any atom is -0.283 e. The Kier molecular flexibility index (Phi) is 4.01. The summed E-state index contributed by atoms with van der Waals surface area (Å²) in [6.45, 7) is 0. The first-order chi connectivity index (χ1) is 6.42. The lowest BCUT2D eigenvalue weighted by Crippen LogP contribution is -2.07. The number of benzene rings is 1. The first-order valence-electron chi connectivity index (χ1n) is 3.23. The molecular formula is C6H5IO5S2. The van der Waals surface area contributed by atoms with Gasteiger partial charge in [0.1, 0.15) is 0 Å². The zero-order valence-electron chi connectivity index (χ0n) is 6.58. The van der Waals surface area contributed by atoms with Crippen LogP contribution in [0.5, 0.6) is 0 Å². The molecule has 0 aliphatic heterocycles. The summed E-state index contributed by atoms with van der Waals surface area (Å²) in [5, 5.41) is 0. The topological polar surface area (TPSA) is 80.7 Å². The van der Waals surface area contributed by atoms with Crippen molar-refractivity contribution < 1.29 is 20.8 Å². The molecular weight excluding hydrogens is 343 g/mol. The Hall–Kier alpha value is -0.0300. The molecule has 1 N–H and O–H groups in total. The van der Waals surface area contributed by atoms with Gasteiger partial charge in [-0.15, -0.1) is 3.63 Å². The monoisotopic (exact) mass is 348 g/mol. The Labute approximate surface area is 97.2 Å². The molecule has 0 heterocycles. The van der Waals surface area contributed by atoms with Gasteiger partial charge in [0.25, 0.3) is 0 Å². The molecule has 1 aromatic rings. The molecule has 0 aliphatic rings.